The fourth-order valence-electron chi connectivity index (χ4n) is 3.11. The number of halogens is 3. The topological polar surface area (TPSA) is 33.3 Å². The summed E-state index contributed by atoms with van der Waals surface area (Å²) in [6.07, 6.45) is 2.48. The van der Waals surface area contributed by atoms with Gasteiger partial charge in [0.25, 0.3) is 0 Å². The maximum Gasteiger partial charge on any atom is 0.124 e. The quantitative estimate of drug-likeness (QED) is 0.581. The van der Waals surface area contributed by atoms with Crippen molar-refractivity contribution in [3.63, 3.8) is 0 Å². The van der Waals surface area contributed by atoms with Gasteiger partial charge in [0.1, 0.15) is 12.4 Å². The van der Waals surface area contributed by atoms with Gasteiger partial charge in [0.05, 0.1) is 10.0 Å². The largest absolute Gasteiger partial charge is 0.489 e. The van der Waals surface area contributed by atoms with Gasteiger partial charge >= 0.3 is 0 Å². The molecular weight excluding hydrogens is 435 g/mol. The van der Waals surface area contributed by atoms with Crippen molar-refractivity contribution in [2.75, 3.05) is 19.6 Å². The third-order valence-corrected chi connectivity index (χ3v) is 5.84. The Hall–Kier alpha value is -0.780. The molecule has 1 aliphatic rings. The van der Waals surface area contributed by atoms with Crippen LogP contribution in [0.5, 0.6) is 5.75 Å². The van der Waals surface area contributed by atoms with E-state index in [-0.39, 0.29) is 0 Å². The molecule has 0 amide bonds. The van der Waals surface area contributed by atoms with Crippen molar-refractivity contribution in [3.05, 3.63) is 62.0 Å². The van der Waals surface area contributed by atoms with E-state index < -0.39 is 0 Å². The zero-order valence-corrected chi connectivity index (χ0v) is 17.6. The number of ether oxygens (including phenoxy) is 1. The van der Waals surface area contributed by atoms with Crippen LogP contribution in [-0.2, 0) is 13.2 Å². The SMILES string of the molecule is Clc1ccc(COc2ccc(Br)cc2CNCC2CCNCC2)cc1Cl. The second-order valence-electron chi connectivity index (χ2n) is 6.61. The molecule has 1 saturated heterocycles. The lowest BCUT2D eigenvalue weighted by Crippen LogP contribution is -2.33. The highest BCUT2D eigenvalue weighted by molar-refractivity contribution is 9.10. The molecule has 2 N–H and O–H groups in total. The van der Waals surface area contributed by atoms with Gasteiger partial charge in [-0.1, -0.05) is 45.2 Å². The third-order valence-electron chi connectivity index (χ3n) is 4.61. The number of rotatable bonds is 7. The zero-order chi connectivity index (χ0) is 18.4. The Morgan fingerprint density at radius 3 is 2.65 bits per heavy atom. The number of hydrogen-bond donors (Lipinski definition) is 2. The van der Waals surface area contributed by atoms with Gasteiger partial charge in [-0.05, 0) is 74.3 Å². The van der Waals surface area contributed by atoms with Gasteiger partial charge in [0.2, 0.25) is 0 Å². The number of nitrogens with one attached hydrogen (secondary N) is 2. The summed E-state index contributed by atoms with van der Waals surface area (Å²) in [6.45, 7) is 4.54. The summed E-state index contributed by atoms with van der Waals surface area (Å²) < 4.78 is 7.10. The van der Waals surface area contributed by atoms with Crippen molar-refractivity contribution in [1.29, 1.82) is 0 Å². The van der Waals surface area contributed by atoms with E-state index in [4.69, 9.17) is 27.9 Å². The molecule has 0 saturated carbocycles. The molecule has 0 aromatic heterocycles. The second-order valence-corrected chi connectivity index (χ2v) is 8.34. The standard InChI is InChI=1S/C20H23BrCl2N2O/c21-17-2-4-20(26-13-15-1-3-18(22)19(23)9-15)16(10-17)12-25-11-14-5-7-24-8-6-14/h1-4,9-10,14,24-25H,5-8,11-13H2. The Balaban J connectivity index is 1.58. The average Bonchev–Trinajstić information content (AvgIpc) is 2.65. The predicted octanol–water partition coefficient (Wildman–Crippen LogP) is 5.42. The minimum atomic E-state index is 0.458. The van der Waals surface area contributed by atoms with Crippen LogP contribution < -0.4 is 15.4 Å². The van der Waals surface area contributed by atoms with Crippen LogP contribution >= 0.6 is 39.1 Å². The van der Waals surface area contributed by atoms with Crippen molar-refractivity contribution in [3.8, 4) is 5.75 Å². The van der Waals surface area contributed by atoms with Crippen LogP contribution in [0.1, 0.15) is 24.0 Å². The summed E-state index contributed by atoms with van der Waals surface area (Å²) in [6, 6.07) is 11.7. The van der Waals surface area contributed by atoms with Gasteiger partial charge in [-0.25, -0.2) is 0 Å². The maximum atomic E-state index is 6.08. The Kier molecular flexibility index (Phi) is 7.64. The van der Waals surface area contributed by atoms with Gasteiger partial charge in [0, 0.05) is 16.6 Å². The summed E-state index contributed by atoms with van der Waals surface area (Å²) in [5.41, 5.74) is 2.14. The molecule has 0 atom stereocenters. The molecule has 1 heterocycles. The molecule has 0 spiro atoms. The highest BCUT2D eigenvalue weighted by Gasteiger charge is 2.13. The van der Waals surface area contributed by atoms with Gasteiger partial charge in [0.15, 0.2) is 0 Å². The van der Waals surface area contributed by atoms with Crippen molar-refractivity contribution in [2.45, 2.75) is 26.0 Å². The smallest absolute Gasteiger partial charge is 0.124 e. The van der Waals surface area contributed by atoms with Crippen LogP contribution in [0.15, 0.2) is 40.9 Å². The van der Waals surface area contributed by atoms with Crippen molar-refractivity contribution < 1.29 is 4.74 Å². The average molecular weight is 458 g/mol. The Morgan fingerprint density at radius 2 is 1.88 bits per heavy atom. The highest BCUT2D eigenvalue weighted by Crippen LogP contribution is 2.26. The first kappa shape index (κ1) is 20.0. The molecule has 0 bridgehead atoms. The maximum absolute atomic E-state index is 6.08. The molecule has 3 nitrogen and oxygen atoms in total. The minimum Gasteiger partial charge on any atom is -0.489 e. The molecule has 1 fully saturated rings. The molecular formula is C20H23BrCl2N2O. The molecule has 26 heavy (non-hydrogen) atoms. The predicted molar refractivity (Wildman–Crippen MR) is 112 cm³/mol. The molecule has 140 valence electrons. The summed E-state index contributed by atoms with van der Waals surface area (Å²) in [5, 5.41) is 8.10. The van der Waals surface area contributed by atoms with E-state index in [0.29, 0.717) is 16.7 Å². The van der Waals surface area contributed by atoms with E-state index in [1.54, 1.807) is 6.07 Å². The van der Waals surface area contributed by atoms with E-state index in [2.05, 4.69) is 32.6 Å². The van der Waals surface area contributed by atoms with Crippen LogP contribution in [0.4, 0.5) is 0 Å². The molecule has 3 rings (SSSR count). The van der Waals surface area contributed by atoms with Crippen LogP contribution in [0.2, 0.25) is 10.0 Å². The normalized spacial score (nSPS) is 15.2. The fraction of sp³-hybridized carbons (Fsp3) is 0.400. The second kappa shape index (κ2) is 9.95. The zero-order valence-electron chi connectivity index (χ0n) is 14.5. The number of hydrogen-bond acceptors (Lipinski definition) is 3. The van der Waals surface area contributed by atoms with Crippen LogP contribution in [0.25, 0.3) is 0 Å². The Labute approximate surface area is 173 Å². The van der Waals surface area contributed by atoms with E-state index in [1.165, 1.54) is 12.8 Å². The Morgan fingerprint density at radius 1 is 1.08 bits per heavy atom. The van der Waals surface area contributed by atoms with E-state index in [1.807, 2.05) is 24.3 Å². The van der Waals surface area contributed by atoms with Crippen LogP contribution in [0, 0.1) is 5.92 Å². The summed E-state index contributed by atoms with van der Waals surface area (Å²) >= 11 is 15.6. The van der Waals surface area contributed by atoms with Crippen molar-refractivity contribution >= 4 is 39.1 Å². The van der Waals surface area contributed by atoms with Crippen molar-refractivity contribution in [2.24, 2.45) is 5.92 Å². The van der Waals surface area contributed by atoms with E-state index in [9.17, 15) is 0 Å². The number of piperidine rings is 1. The first-order valence-electron chi connectivity index (χ1n) is 8.88. The monoisotopic (exact) mass is 456 g/mol. The van der Waals surface area contributed by atoms with Gasteiger partial charge in [-0.15, -0.1) is 0 Å². The van der Waals surface area contributed by atoms with Crippen molar-refractivity contribution in [1.82, 2.24) is 10.6 Å². The molecule has 0 unspecified atom stereocenters. The lowest BCUT2D eigenvalue weighted by atomic mass is 9.98. The minimum absolute atomic E-state index is 0.458. The molecule has 0 aliphatic carbocycles. The Bertz CT molecular complexity index is 736. The molecule has 6 heteroatoms. The fourth-order valence-corrected chi connectivity index (χ4v) is 3.84. The van der Waals surface area contributed by atoms with Gasteiger partial charge in [-0.2, -0.15) is 0 Å². The summed E-state index contributed by atoms with van der Waals surface area (Å²) in [5.74, 6) is 1.64. The first-order chi connectivity index (χ1) is 12.6. The summed E-state index contributed by atoms with van der Waals surface area (Å²) in [4.78, 5) is 0. The molecule has 1 aliphatic heterocycles. The summed E-state index contributed by atoms with van der Waals surface area (Å²) in [7, 11) is 0. The van der Waals surface area contributed by atoms with Gasteiger partial charge < -0.3 is 15.4 Å². The van der Waals surface area contributed by atoms with Crippen LogP contribution in [-0.4, -0.2) is 19.6 Å². The lowest BCUT2D eigenvalue weighted by Gasteiger charge is -2.23. The molecule has 2 aromatic rings. The van der Waals surface area contributed by atoms with E-state index in [0.717, 1.165) is 53.4 Å². The molecule has 2 aromatic carbocycles. The van der Waals surface area contributed by atoms with Crippen LogP contribution in [0.3, 0.4) is 0 Å². The van der Waals surface area contributed by atoms with E-state index >= 15 is 0 Å². The molecule has 0 radical (unpaired) electrons. The lowest BCUT2D eigenvalue weighted by molar-refractivity contribution is 0.300. The van der Waals surface area contributed by atoms with Gasteiger partial charge in [-0.3, -0.25) is 0 Å². The third kappa shape index (κ3) is 5.86. The first-order valence-corrected chi connectivity index (χ1v) is 10.4. The highest BCUT2D eigenvalue weighted by atomic mass is 79.9. The number of benzene rings is 2.